The molecule has 2 heterocycles. The van der Waals surface area contributed by atoms with Gasteiger partial charge in [0.25, 0.3) is 5.91 Å². The summed E-state index contributed by atoms with van der Waals surface area (Å²) in [7, 11) is 4.59. The number of anilines is 2. The first kappa shape index (κ1) is 25.4. The summed E-state index contributed by atoms with van der Waals surface area (Å²) in [4.78, 5) is 35.0. The lowest BCUT2D eigenvalue weighted by atomic mass is 9.90. The second-order valence-corrected chi connectivity index (χ2v) is 8.97. The molecule has 198 valence electrons. The van der Waals surface area contributed by atoms with Gasteiger partial charge in [-0.1, -0.05) is 25.1 Å². The fraction of sp³-hybridized carbons (Fsp3) is 0.310. The number of hydrogen-bond donors (Lipinski definition) is 0. The first-order chi connectivity index (χ1) is 18.5. The Balaban J connectivity index is 1.56. The molecule has 0 aromatic heterocycles. The number of hydroxylamine groups is 1. The van der Waals surface area contributed by atoms with Crippen LogP contribution in [0.15, 0.2) is 66.7 Å². The van der Waals surface area contributed by atoms with E-state index in [-0.39, 0.29) is 5.91 Å². The van der Waals surface area contributed by atoms with E-state index in [0.29, 0.717) is 46.5 Å². The number of amides is 2. The number of hydrogen-bond acceptors (Lipinski definition) is 8. The van der Waals surface area contributed by atoms with Crippen LogP contribution in [0.3, 0.4) is 0 Å². The smallest absolute Gasteiger partial charge is 0.266 e. The minimum atomic E-state index is -0.997. The van der Waals surface area contributed by atoms with E-state index in [1.807, 2.05) is 37.3 Å². The molecule has 3 atom stereocenters. The average molecular weight is 519 g/mol. The molecule has 3 aromatic rings. The molecular formula is C29H30N2O7. The number of carbonyl (C=O) groups excluding carboxylic acids is 2. The second kappa shape index (κ2) is 10.6. The molecule has 2 amide bonds. The molecule has 0 aliphatic carbocycles. The maximum atomic E-state index is 13.9. The molecule has 2 aliphatic rings. The SMILES string of the molecule is CCCOc1ccc(N2C(=O)[C@H]3[C@H](ON(c4ccccc4)[C@@H]3c3cc(OC)c(OC)c(OC)c3)C2=O)cc1. The van der Waals surface area contributed by atoms with E-state index >= 15 is 0 Å². The summed E-state index contributed by atoms with van der Waals surface area (Å²) in [5, 5.41) is 1.63. The van der Waals surface area contributed by atoms with Gasteiger partial charge in [-0.05, 0) is 60.5 Å². The highest BCUT2D eigenvalue weighted by Crippen LogP contribution is 2.50. The first-order valence-electron chi connectivity index (χ1n) is 12.4. The van der Waals surface area contributed by atoms with E-state index in [1.54, 1.807) is 41.5 Å². The molecule has 9 nitrogen and oxygen atoms in total. The Labute approximate surface area is 221 Å². The van der Waals surface area contributed by atoms with Gasteiger partial charge in [0.05, 0.1) is 45.4 Å². The van der Waals surface area contributed by atoms with Gasteiger partial charge in [-0.3, -0.25) is 14.4 Å². The lowest BCUT2D eigenvalue weighted by molar-refractivity contribution is -0.126. The molecule has 0 spiro atoms. The maximum Gasteiger partial charge on any atom is 0.266 e. The monoisotopic (exact) mass is 518 g/mol. The van der Waals surface area contributed by atoms with Crippen LogP contribution in [0.5, 0.6) is 23.0 Å². The first-order valence-corrected chi connectivity index (χ1v) is 12.4. The Morgan fingerprint density at radius 1 is 0.816 bits per heavy atom. The molecule has 5 rings (SSSR count). The molecule has 0 bridgehead atoms. The number of carbonyl (C=O) groups is 2. The van der Waals surface area contributed by atoms with E-state index < -0.39 is 24.0 Å². The van der Waals surface area contributed by atoms with Gasteiger partial charge in [-0.2, -0.15) is 0 Å². The molecule has 0 N–H and O–H groups in total. The molecule has 2 saturated heterocycles. The van der Waals surface area contributed by atoms with Gasteiger partial charge in [0, 0.05) is 0 Å². The van der Waals surface area contributed by atoms with Crippen LogP contribution in [-0.4, -0.2) is 45.9 Å². The fourth-order valence-electron chi connectivity index (χ4n) is 4.99. The van der Waals surface area contributed by atoms with Gasteiger partial charge < -0.3 is 18.9 Å². The van der Waals surface area contributed by atoms with Crippen LogP contribution >= 0.6 is 0 Å². The summed E-state index contributed by atoms with van der Waals surface area (Å²) < 4.78 is 22.3. The highest BCUT2D eigenvalue weighted by molar-refractivity contribution is 6.24. The van der Waals surface area contributed by atoms with Gasteiger partial charge in [0.2, 0.25) is 11.7 Å². The number of para-hydroxylation sites is 1. The number of nitrogens with zero attached hydrogens (tertiary/aromatic N) is 2. The van der Waals surface area contributed by atoms with Crippen LogP contribution in [-0.2, 0) is 14.4 Å². The van der Waals surface area contributed by atoms with E-state index in [2.05, 4.69) is 0 Å². The van der Waals surface area contributed by atoms with Crippen molar-refractivity contribution < 1.29 is 33.4 Å². The molecular weight excluding hydrogens is 488 g/mol. The molecule has 2 fully saturated rings. The van der Waals surface area contributed by atoms with Gasteiger partial charge in [-0.15, -0.1) is 0 Å². The summed E-state index contributed by atoms with van der Waals surface area (Å²) in [6.45, 7) is 2.61. The highest BCUT2D eigenvalue weighted by Gasteiger charge is 2.60. The van der Waals surface area contributed by atoms with Crippen molar-refractivity contribution in [2.45, 2.75) is 25.5 Å². The lowest BCUT2D eigenvalue weighted by Crippen LogP contribution is -2.37. The van der Waals surface area contributed by atoms with Crippen LogP contribution < -0.4 is 28.9 Å². The topological polar surface area (TPSA) is 86.8 Å². The van der Waals surface area contributed by atoms with Crippen LogP contribution in [0, 0.1) is 5.92 Å². The Bertz CT molecular complexity index is 1290. The Morgan fingerprint density at radius 2 is 1.47 bits per heavy atom. The average Bonchev–Trinajstić information content (AvgIpc) is 3.47. The Kier molecular flexibility index (Phi) is 7.11. The van der Waals surface area contributed by atoms with Crippen molar-refractivity contribution in [1.82, 2.24) is 0 Å². The van der Waals surface area contributed by atoms with Crippen LogP contribution in [0.25, 0.3) is 0 Å². The summed E-state index contributed by atoms with van der Waals surface area (Å²) in [6, 6.07) is 19.3. The number of benzene rings is 3. The Hall–Kier alpha value is -4.24. The van der Waals surface area contributed by atoms with Crippen LogP contribution in [0.4, 0.5) is 11.4 Å². The van der Waals surface area contributed by atoms with Crippen molar-refractivity contribution in [2.24, 2.45) is 5.92 Å². The third-order valence-electron chi connectivity index (χ3n) is 6.72. The quantitative estimate of drug-likeness (QED) is 0.382. The summed E-state index contributed by atoms with van der Waals surface area (Å²) in [6.07, 6.45) is -0.117. The van der Waals surface area contributed by atoms with Gasteiger partial charge in [0.1, 0.15) is 11.7 Å². The highest BCUT2D eigenvalue weighted by atomic mass is 16.7. The zero-order valence-electron chi connectivity index (χ0n) is 21.7. The third-order valence-corrected chi connectivity index (χ3v) is 6.72. The van der Waals surface area contributed by atoms with Crippen LogP contribution in [0.1, 0.15) is 24.9 Å². The zero-order valence-corrected chi connectivity index (χ0v) is 21.7. The molecule has 2 aliphatic heterocycles. The normalized spacial score (nSPS) is 20.5. The predicted octanol–water partition coefficient (Wildman–Crippen LogP) is 4.55. The van der Waals surface area contributed by atoms with E-state index in [1.165, 1.54) is 26.2 Å². The van der Waals surface area contributed by atoms with Crippen molar-refractivity contribution in [3.63, 3.8) is 0 Å². The fourth-order valence-corrected chi connectivity index (χ4v) is 4.99. The molecule has 0 unspecified atom stereocenters. The minimum absolute atomic E-state index is 0.348. The van der Waals surface area contributed by atoms with Crippen molar-refractivity contribution in [3.8, 4) is 23.0 Å². The van der Waals surface area contributed by atoms with Crippen LogP contribution in [0.2, 0.25) is 0 Å². The molecule has 38 heavy (non-hydrogen) atoms. The summed E-state index contributed by atoms with van der Waals surface area (Å²) in [5.41, 5.74) is 1.86. The van der Waals surface area contributed by atoms with Gasteiger partial charge in [0.15, 0.2) is 17.6 Å². The van der Waals surface area contributed by atoms with Crippen molar-refractivity contribution >= 4 is 23.2 Å². The number of rotatable bonds is 9. The zero-order chi connectivity index (χ0) is 26.8. The second-order valence-electron chi connectivity index (χ2n) is 8.97. The number of methoxy groups -OCH3 is 3. The van der Waals surface area contributed by atoms with Crippen molar-refractivity contribution in [1.29, 1.82) is 0 Å². The predicted molar refractivity (Wildman–Crippen MR) is 141 cm³/mol. The largest absolute Gasteiger partial charge is 0.494 e. The number of imide groups is 1. The van der Waals surface area contributed by atoms with Crippen molar-refractivity contribution in [2.75, 3.05) is 37.9 Å². The lowest BCUT2D eigenvalue weighted by Gasteiger charge is -2.29. The third kappa shape index (κ3) is 4.28. The van der Waals surface area contributed by atoms with Gasteiger partial charge in [-0.25, -0.2) is 9.96 Å². The van der Waals surface area contributed by atoms with Gasteiger partial charge >= 0.3 is 0 Å². The molecule has 3 aromatic carbocycles. The molecule has 0 radical (unpaired) electrons. The summed E-state index contributed by atoms with van der Waals surface area (Å²) >= 11 is 0. The maximum absolute atomic E-state index is 13.9. The molecule has 9 heteroatoms. The van der Waals surface area contributed by atoms with E-state index in [9.17, 15) is 9.59 Å². The van der Waals surface area contributed by atoms with E-state index in [0.717, 1.165) is 6.42 Å². The number of ether oxygens (including phenoxy) is 4. The van der Waals surface area contributed by atoms with E-state index in [4.69, 9.17) is 23.8 Å². The standard InChI is InChI=1S/C29H30N2O7/c1-5-15-37-21-13-11-19(12-14-21)30-28(32)24-25(18-16-22(34-2)26(36-4)23(17-18)35-3)31(38-27(24)29(30)33)20-9-7-6-8-10-20/h6-14,16-17,24-25,27H,5,15H2,1-4H3/t24-,25-,27+/m1/s1. The van der Waals surface area contributed by atoms with Crippen molar-refractivity contribution in [3.05, 3.63) is 72.3 Å². The number of fused-ring (bicyclic) bond motifs is 1. The Morgan fingerprint density at radius 3 is 2.05 bits per heavy atom. The summed E-state index contributed by atoms with van der Waals surface area (Å²) in [5.74, 6) is 0.418. The minimum Gasteiger partial charge on any atom is -0.494 e. The molecule has 0 saturated carbocycles.